The summed E-state index contributed by atoms with van der Waals surface area (Å²) in [6, 6.07) is 0. The van der Waals surface area contributed by atoms with Crippen molar-refractivity contribution in [3.05, 3.63) is 0 Å². The third-order valence-electron chi connectivity index (χ3n) is 2.42. The fourth-order valence-electron chi connectivity index (χ4n) is 0.999. The summed E-state index contributed by atoms with van der Waals surface area (Å²) >= 11 is 0. The van der Waals surface area contributed by atoms with Gasteiger partial charge in [0, 0.05) is 0 Å². The van der Waals surface area contributed by atoms with Gasteiger partial charge >= 0.3 is 5.97 Å². The summed E-state index contributed by atoms with van der Waals surface area (Å²) in [7, 11) is 0. The lowest BCUT2D eigenvalue weighted by atomic mass is 9.78. The molecule has 6 nitrogen and oxygen atoms in total. The van der Waals surface area contributed by atoms with Crippen LogP contribution in [0.3, 0.4) is 0 Å². The average Bonchev–Trinajstić information content (AvgIpc) is 2.21. The summed E-state index contributed by atoms with van der Waals surface area (Å²) in [5.74, 6) is -1.67. The van der Waals surface area contributed by atoms with Crippen LogP contribution < -0.4 is 0 Å². The van der Waals surface area contributed by atoms with E-state index in [0.29, 0.717) is 0 Å². The largest absolute Gasteiger partial charge is 0.438 e. The molecule has 0 saturated carbocycles. The van der Waals surface area contributed by atoms with Crippen LogP contribution in [-0.4, -0.2) is 53.0 Å². The predicted octanol–water partition coefficient (Wildman–Crippen LogP) is -1.92. The summed E-state index contributed by atoms with van der Waals surface area (Å²) in [6.07, 6.45) is 0. The van der Waals surface area contributed by atoms with Crippen molar-refractivity contribution < 1.29 is 30.0 Å². The van der Waals surface area contributed by atoms with Gasteiger partial charge in [-0.05, 0) is 0 Å². The summed E-state index contributed by atoms with van der Waals surface area (Å²) in [4.78, 5) is 11.2. The second-order valence-corrected chi connectivity index (χ2v) is 3.15. The number of aliphatic hydroxyl groups excluding tert-OH is 4. The minimum absolute atomic E-state index is 0.540. The highest BCUT2D eigenvalue weighted by molar-refractivity contribution is 5.73. The maximum atomic E-state index is 11.2. The number of rotatable bonds is 6. The molecule has 84 valence electrons. The molecule has 0 spiro atoms. The third-order valence-corrected chi connectivity index (χ3v) is 2.42. The standard InChI is InChI=1S/C8H16O6/c1-6(7(13)14-5-12)8(2-9,3-10)4-11/h6,9-12H,2-5H2,1H3. The van der Waals surface area contributed by atoms with Crippen molar-refractivity contribution in [3.63, 3.8) is 0 Å². The molecule has 0 amide bonds. The van der Waals surface area contributed by atoms with Gasteiger partial charge in [0.1, 0.15) is 0 Å². The van der Waals surface area contributed by atoms with Gasteiger partial charge in [-0.15, -0.1) is 0 Å². The normalized spacial score (nSPS) is 13.8. The molecule has 1 atom stereocenters. The lowest BCUT2D eigenvalue weighted by Crippen LogP contribution is -2.44. The van der Waals surface area contributed by atoms with Crippen LogP contribution in [0, 0.1) is 11.3 Å². The molecule has 0 rings (SSSR count). The highest BCUT2D eigenvalue weighted by Gasteiger charge is 2.39. The Morgan fingerprint density at radius 3 is 1.93 bits per heavy atom. The molecule has 0 fully saturated rings. The Morgan fingerprint density at radius 2 is 1.64 bits per heavy atom. The Morgan fingerprint density at radius 1 is 1.21 bits per heavy atom. The maximum absolute atomic E-state index is 11.2. The molecular weight excluding hydrogens is 192 g/mol. The van der Waals surface area contributed by atoms with Gasteiger partial charge < -0.3 is 25.2 Å². The molecule has 0 aromatic rings. The minimum Gasteiger partial charge on any atom is -0.438 e. The molecule has 0 aliphatic rings. The third kappa shape index (κ3) is 2.65. The summed E-state index contributed by atoms with van der Waals surface area (Å²) < 4.78 is 4.30. The molecule has 6 heteroatoms. The summed E-state index contributed by atoms with van der Waals surface area (Å²) in [5, 5.41) is 35.3. The van der Waals surface area contributed by atoms with E-state index in [-0.39, 0.29) is 0 Å². The van der Waals surface area contributed by atoms with Crippen LogP contribution in [0.5, 0.6) is 0 Å². The number of carbonyl (C=O) groups excluding carboxylic acids is 1. The molecule has 0 bridgehead atoms. The zero-order valence-corrected chi connectivity index (χ0v) is 8.01. The lowest BCUT2D eigenvalue weighted by Gasteiger charge is -2.32. The van der Waals surface area contributed by atoms with Gasteiger partial charge in [-0.2, -0.15) is 0 Å². The quantitative estimate of drug-likeness (QED) is 0.299. The van der Waals surface area contributed by atoms with E-state index >= 15 is 0 Å². The lowest BCUT2D eigenvalue weighted by molar-refractivity contribution is -0.166. The van der Waals surface area contributed by atoms with Gasteiger partial charge in [0.2, 0.25) is 0 Å². The Kier molecular flexibility index (Phi) is 5.63. The van der Waals surface area contributed by atoms with E-state index in [4.69, 9.17) is 20.4 Å². The molecule has 0 saturated heterocycles. The highest BCUT2D eigenvalue weighted by atomic mass is 16.6. The fraction of sp³-hybridized carbons (Fsp3) is 0.875. The van der Waals surface area contributed by atoms with Gasteiger partial charge in [0.25, 0.3) is 0 Å². The molecule has 0 heterocycles. The zero-order valence-electron chi connectivity index (χ0n) is 8.01. The van der Waals surface area contributed by atoms with Crippen molar-refractivity contribution in [2.45, 2.75) is 6.92 Å². The van der Waals surface area contributed by atoms with E-state index in [0.717, 1.165) is 0 Å². The number of hydrogen-bond donors (Lipinski definition) is 4. The SMILES string of the molecule is CC(C(=O)OCO)C(CO)(CO)CO. The van der Waals surface area contributed by atoms with Crippen molar-refractivity contribution in [1.82, 2.24) is 0 Å². The van der Waals surface area contributed by atoms with E-state index in [1.165, 1.54) is 6.92 Å². The summed E-state index contributed by atoms with van der Waals surface area (Å²) in [6.45, 7) is -0.979. The summed E-state index contributed by atoms with van der Waals surface area (Å²) in [5.41, 5.74) is -1.31. The number of aliphatic hydroxyl groups is 4. The first kappa shape index (κ1) is 13.3. The molecule has 14 heavy (non-hydrogen) atoms. The molecule has 0 aromatic heterocycles. The van der Waals surface area contributed by atoms with Crippen molar-refractivity contribution in [2.24, 2.45) is 11.3 Å². The first-order valence-corrected chi connectivity index (χ1v) is 4.18. The molecule has 0 aliphatic carbocycles. The van der Waals surface area contributed by atoms with Crippen LogP contribution in [0.4, 0.5) is 0 Å². The van der Waals surface area contributed by atoms with E-state index in [1.54, 1.807) is 0 Å². The van der Waals surface area contributed by atoms with Crippen molar-refractivity contribution >= 4 is 5.97 Å². The molecule has 1 unspecified atom stereocenters. The Balaban J connectivity index is 4.57. The molecular formula is C8H16O6. The van der Waals surface area contributed by atoms with E-state index in [1.807, 2.05) is 0 Å². The van der Waals surface area contributed by atoms with Crippen LogP contribution in [0.25, 0.3) is 0 Å². The second-order valence-electron chi connectivity index (χ2n) is 3.15. The van der Waals surface area contributed by atoms with Gasteiger partial charge in [-0.3, -0.25) is 4.79 Å². The van der Waals surface area contributed by atoms with Crippen LogP contribution in [0.2, 0.25) is 0 Å². The number of ether oxygens (including phenoxy) is 1. The van der Waals surface area contributed by atoms with E-state index in [2.05, 4.69) is 4.74 Å². The van der Waals surface area contributed by atoms with E-state index in [9.17, 15) is 4.79 Å². The number of carbonyl (C=O) groups is 1. The van der Waals surface area contributed by atoms with Gasteiger partial charge in [0.15, 0.2) is 6.79 Å². The average molecular weight is 208 g/mol. The van der Waals surface area contributed by atoms with Crippen molar-refractivity contribution in [3.8, 4) is 0 Å². The topological polar surface area (TPSA) is 107 Å². The monoisotopic (exact) mass is 208 g/mol. The molecule has 0 aromatic carbocycles. The van der Waals surface area contributed by atoms with Crippen LogP contribution in [0.1, 0.15) is 6.92 Å². The Hall–Kier alpha value is -0.690. The first-order valence-electron chi connectivity index (χ1n) is 4.18. The van der Waals surface area contributed by atoms with E-state index < -0.39 is 43.9 Å². The van der Waals surface area contributed by atoms with Crippen LogP contribution in [-0.2, 0) is 9.53 Å². The van der Waals surface area contributed by atoms with Crippen molar-refractivity contribution in [1.29, 1.82) is 0 Å². The van der Waals surface area contributed by atoms with Gasteiger partial charge in [0.05, 0.1) is 31.2 Å². The van der Waals surface area contributed by atoms with Crippen LogP contribution in [0.15, 0.2) is 0 Å². The predicted molar refractivity (Wildman–Crippen MR) is 46.0 cm³/mol. The molecule has 0 aliphatic heterocycles. The van der Waals surface area contributed by atoms with Gasteiger partial charge in [-0.1, -0.05) is 6.92 Å². The highest BCUT2D eigenvalue weighted by Crippen LogP contribution is 2.27. The zero-order chi connectivity index (χ0) is 11.2. The molecule has 4 N–H and O–H groups in total. The van der Waals surface area contributed by atoms with Crippen LogP contribution >= 0.6 is 0 Å². The Bertz CT molecular complexity index is 168. The first-order chi connectivity index (χ1) is 6.57. The van der Waals surface area contributed by atoms with Gasteiger partial charge in [-0.25, -0.2) is 0 Å². The fourth-order valence-corrected chi connectivity index (χ4v) is 0.999. The smallest absolute Gasteiger partial charge is 0.311 e. The Labute approximate surface area is 81.7 Å². The maximum Gasteiger partial charge on any atom is 0.311 e. The minimum atomic E-state index is -1.31. The number of hydrogen-bond acceptors (Lipinski definition) is 6. The second kappa shape index (κ2) is 5.92. The number of esters is 1. The molecule has 0 radical (unpaired) electrons. The van der Waals surface area contributed by atoms with Crippen molar-refractivity contribution in [2.75, 3.05) is 26.6 Å².